The van der Waals surface area contributed by atoms with Crippen LogP contribution < -0.4 is 4.74 Å². The van der Waals surface area contributed by atoms with Gasteiger partial charge >= 0.3 is 5.97 Å². The van der Waals surface area contributed by atoms with Crippen LogP contribution in [-0.4, -0.2) is 76.1 Å². The molecule has 2 aliphatic heterocycles. The molecule has 178 valence electrons. The van der Waals surface area contributed by atoms with E-state index in [9.17, 15) is 9.59 Å². The van der Waals surface area contributed by atoms with Crippen LogP contribution >= 0.6 is 0 Å². The van der Waals surface area contributed by atoms with Crippen molar-refractivity contribution in [3.8, 4) is 5.75 Å². The number of nitrogens with zero attached hydrogens (tertiary/aromatic N) is 5. The van der Waals surface area contributed by atoms with E-state index in [1.54, 1.807) is 10.9 Å². The molecule has 3 heterocycles. The fourth-order valence-corrected chi connectivity index (χ4v) is 4.75. The lowest BCUT2D eigenvalue weighted by molar-refractivity contribution is -0.136. The molecule has 9 heteroatoms. The lowest BCUT2D eigenvalue weighted by Gasteiger charge is -2.29. The summed E-state index contributed by atoms with van der Waals surface area (Å²) in [7, 11) is 1.32. The van der Waals surface area contributed by atoms with Gasteiger partial charge in [-0.1, -0.05) is 30.2 Å². The third-order valence-electron chi connectivity index (χ3n) is 6.48. The van der Waals surface area contributed by atoms with E-state index in [0.29, 0.717) is 26.1 Å². The Balaban J connectivity index is 1.53. The Hall–Kier alpha value is -2.94. The van der Waals surface area contributed by atoms with Crippen molar-refractivity contribution in [2.45, 2.75) is 57.7 Å². The smallest absolute Gasteiger partial charge is 0.360 e. The highest BCUT2D eigenvalue weighted by atomic mass is 16.5. The highest BCUT2D eigenvalue weighted by Crippen LogP contribution is 2.31. The monoisotopic (exact) mass is 455 g/mol. The molecular formula is C24H33N5O4. The van der Waals surface area contributed by atoms with Gasteiger partial charge in [0.1, 0.15) is 5.75 Å². The molecule has 9 nitrogen and oxygen atoms in total. The normalized spacial score (nSPS) is 21.6. The fourth-order valence-electron chi connectivity index (χ4n) is 4.75. The van der Waals surface area contributed by atoms with E-state index < -0.39 is 5.97 Å². The highest BCUT2D eigenvalue weighted by molar-refractivity contribution is 5.86. The number of likely N-dealkylation sites (tertiary alicyclic amines) is 2. The van der Waals surface area contributed by atoms with Gasteiger partial charge in [0.15, 0.2) is 5.69 Å². The minimum atomic E-state index is -0.511. The van der Waals surface area contributed by atoms with Crippen LogP contribution in [0.2, 0.25) is 0 Å². The summed E-state index contributed by atoms with van der Waals surface area (Å²) in [5.74, 6) is 0.525. The molecule has 2 atom stereocenters. The average molecular weight is 456 g/mol. The van der Waals surface area contributed by atoms with Crippen molar-refractivity contribution in [1.82, 2.24) is 24.8 Å². The Morgan fingerprint density at radius 3 is 2.48 bits per heavy atom. The second-order valence-corrected chi connectivity index (χ2v) is 8.73. The van der Waals surface area contributed by atoms with E-state index in [0.717, 1.165) is 37.2 Å². The van der Waals surface area contributed by atoms with Gasteiger partial charge in [-0.25, -0.2) is 9.48 Å². The van der Waals surface area contributed by atoms with Crippen LogP contribution in [0.25, 0.3) is 0 Å². The second kappa shape index (κ2) is 10.8. The molecule has 2 fully saturated rings. The number of benzene rings is 1. The number of amides is 1. The number of carbonyl (C=O) groups excluding carboxylic acids is 2. The number of hydrogen-bond donors (Lipinski definition) is 0. The maximum absolute atomic E-state index is 13.6. The van der Waals surface area contributed by atoms with Gasteiger partial charge in [-0.3, -0.25) is 9.69 Å². The van der Waals surface area contributed by atoms with E-state index in [4.69, 9.17) is 9.47 Å². The van der Waals surface area contributed by atoms with Gasteiger partial charge in [0.05, 0.1) is 32.0 Å². The van der Waals surface area contributed by atoms with Crippen LogP contribution in [0.15, 0.2) is 30.5 Å². The highest BCUT2D eigenvalue weighted by Gasteiger charge is 2.40. The van der Waals surface area contributed by atoms with Crippen molar-refractivity contribution in [2.75, 3.05) is 33.4 Å². The van der Waals surface area contributed by atoms with Crippen LogP contribution in [-0.2, 0) is 16.1 Å². The molecule has 1 aromatic heterocycles. The van der Waals surface area contributed by atoms with E-state index in [1.165, 1.54) is 20.0 Å². The Labute approximate surface area is 194 Å². The maximum atomic E-state index is 13.6. The summed E-state index contributed by atoms with van der Waals surface area (Å²) in [5, 5.41) is 8.11. The Morgan fingerprint density at radius 2 is 1.82 bits per heavy atom. The molecule has 2 saturated heterocycles. The number of rotatable bonds is 7. The van der Waals surface area contributed by atoms with E-state index in [2.05, 4.69) is 27.3 Å². The summed E-state index contributed by atoms with van der Waals surface area (Å²) in [6.07, 6.45) is 6.74. The summed E-state index contributed by atoms with van der Waals surface area (Å²) in [4.78, 5) is 29.7. The summed E-state index contributed by atoms with van der Waals surface area (Å²) < 4.78 is 12.0. The van der Waals surface area contributed by atoms with Gasteiger partial charge in [0.2, 0.25) is 5.91 Å². The molecule has 1 aromatic carbocycles. The molecule has 2 aliphatic rings. The van der Waals surface area contributed by atoms with Crippen LogP contribution in [0.4, 0.5) is 0 Å². The van der Waals surface area contributed by atoms with Crippen LogP contribution in [0.1, 0.15) is 61.1 Å². The minimum Gasteiger partial charge on any atom is -0.494 e. The van der Waals surface area contributed by atoms with E-state index >= 15 is 0 Å². The fraction of sp³-hybridized carbons (Fsp3) is 0.583. The molecule has 1 amide bonds. The summed E-state index contributed by atoms with van der Waals surface area (Å²) in [5.41, 5.74) is 1.31. The maximum Gasteiger partial charge on any atom is 0.360 e. The number of hydrogen-bond acceptors (Lipinski definition) is 7. The number of ether oxygens (including phenoxy) is 2. The molecule has 0 unspecified atom stereocenters. The summed E-state index contributed by atoms with van der Waals surface area (Å²) >= 11 is 0. The number of esters is 1. The first-order valence-electron chi connectivity index (χ1n) is 11.8. The van der Waals surface area contributed by atoms with Crippen molar-refractivity contribution in [2.24, 2.45) is 0 Å². The van der Waals surface area contributed by atoms with Crippen molar-refractivity contribution in [3.63, 3.8) is 0 Å². The first-order valence-corrected chi connectivity index (χ1v) is 11.8. The quantitative estimate of drug-likeness (QED) is 0.593. The van der Waals surface area contributed by atoms with Gasteiger partial charge in [0.25, 0.3) is 0 Å². The summed E-state index contributed by atoms with van der Waals surface area (Å²) in [6.45, 7) is 5.56. The number of aromatic nitrogens is 3. The van der Waals surface area contributed by atoms with Gasteiger partial charge < -0.3 is 14.4 Å². The zero-order valence-corrected chi connectivity index (χ0v) is 19.5. The minimum absolute atomic E-state index is 0.0421. The Kier molecular flexibility index (Phi) is 7.59. The number of carbonyl (C=O) groups is 2. The van der Waals surface area contributed by atoms with Crippen molar-refractivity contribution < 1.29 is 19.1 Å². The van der Waals surface area contributed by atoms with Crippen LogP contribution in [0, 0.1) is 0 Å². The van der Waals surface area contributed by atoms with Crippen molar-refractivity contribution >= 4 is 11.9 Å². The average Bonchev–Trinajstić information content (AvgIpc) is 3.39. The van der Waals surface area contributed by atoms with Gasteiger partial charge in [0, 0.05) is 26.2 Å². The predicted octanol–water partition coefficient (Wildman–Crippen LogP) is 2.68. The lowest BCUT2D eigenvalue weighted by atomic mass is 10.1. The molecule has 2 aromatic rings. The predicted molar refractivity (Wildman–Crippen MR) is 122 cm³/mol. The third-order valence-corrected chi connectivity index (χ3v) is 6.48. The standard InChI is InChI=1S/C24H33N5O4/c1-3-33-20-10-8-18(9-11-20)15-28-16-19(29-17-21(25-26-29)24(31)32-2)14-22(28)23(30)27-12-6-4-5-7-13-27/h8-11,17,19,22H,3-7,12-16H2,1-2H3/t19-,22+/m1/s1. The van der Waals surface area contributed by atoms with E-state index in [1.807, 2.05) is 24.0 Å². The van der Waals surface area contributed by atoms with Crippen LogP contribution in [0.3, 0.4) is 0 Å². The molecule has 0 N–H and O–H groups in total. The van der Waals surface area contributed by atoms with Crippen molar-refractivity contribution in [3.05, 3.63) is 41.7 Å². The first kappa shape index (κ1) is 23.2. The zero-order valence-electron chi connectivity index (χ0n) is 19.5. The van der Waals surface area contributed by atoms with Gasteiger partial charge in [-0.15, -0.1) is 5.10 Å². The first-order chi connectivity index (χ1) is 16.1. The van der Waals surface area contributed by atoms with Crippen LogP contribution in [0.5, 0.6) is 5.75 Å². The molecule has 0 saturated carbocycles. The van der Waals surface area contributed by atoms with Gasteiger partial charge in [-0.05, 0) is 43.9 Å². The number of methoxy groups -OCH3 is 1. The van der Waals surface area contributed by atoms with Gasteiger partial charge in [-0.2, -0.15) is 0 Å². The topological polar surface area (TPSA) is 89.8 Å². The molecule has 0 aliphatic carbocycles. The van der Waals surface area contributed by atoms with Crippen molar-refractivity contribution in [1.29, 1.82) is 0 Å². The molecule has 4 rings (SSSR count). The summed E-state index contributed by atoms with van der Waals surface area (Å²) in [6, 6.07) is 7.77. The molecule has 0 spiro atoms. The molecule has 33 heavy (non-hydrogen) atoms. The largest absolute Gasteiger partial charge is 0.494 e. The molecule has 0 radical (unpaired) electrons. The third kappa shape index (κ3) is 5.52. The Morgan fingerprint density at radius 1 is 1.09 bits per heavy atom. The molecular weight excluding hydrogens is 422 g/mol. The zero-order chi connectivity index (χ0) is 23.2. The lowest BCUT2D eigenvalue weighted by Crippen LogP contribution is -2.45. The SMILES string of the molecule is CCOc1ccc(CN2C[C@H](n3cc(C(=O)OC)nn3)C[C@H]2C(=O)N2CCCCCC2)cc1. The van der Waals surface area contributed by atoms with E-state index in [-0.39, 0.29) is 23.7 Å². The second-order valence-electron chi connectivity index (χ2n) is 8.73. The molecule has 0 bridgehead atoms. The Bertz CT molecular complexity index is 937.